The number of carbonyl (C=O) groups is 1. The quantitative estimate of drug-likeness (QED) is 0.592. The molecular formula is C27H33N5O. The molecule has 1 saturated heterocycles. The van der Waals surface area contributed by atoms with Gasteiger partial charge in [0.25, 0.3) is 0 Å². The molecular weight excluding hydrogens is 410 g/mol. The van der Waals surface area contributed by atoms with Crippen LogP contribution in [0.4, 0.5) is 0 Å². The van der Waals surface area contributed by atoms with Crippen LogP contribution in [0.5, 0.6) is 0 Å². The maximum absolute atomic E-state index is 13.3. The Bertz CT molecular complexity index is 1070. The van der Waals surface area contributed by atoms with Gasteiger partial charge in [-0.3, -0.25) is 14.7 Å². The Morgan fingerprint density at radius 3 is 2.61 bits per heavy atom. The highest BCUT2D eigenvalue weighted by atomic mass is 16.2. The van der Waals surface area contributed by atoms with E-state index >= 15 is 0 Å². The highest BCUT2D eigenvalue weighted by Crippen LogP contribution is 2.37. The van der Waals surface area contributed by atoms with Gasteiger partial charge in [-0.2, -0.15) is 0 Å². The van der Waals surface area contributed by atoms with Crippen molar-refractivity contribution in [2.24, 2.45) is 5.41 Å². The van der Waals surface area contributed by atoms with Gasteiger partial charge in [-0.15, -0.1) is 0 Å². The minimum atomic E-state index is -0.482. The molecule has 3 aromatic rings. The van der Waals surface area contributed by atoms with E-state index in [9.17, 15) is 4.79 Å². The Kier molecular flexibility index (Phi) is 7.14. The summed E-state index contributed by atoms with van der Waals surface area (Å²) in [5.74, 6) is 1.29. The number of nitrogens with zero attached hydrogens (tertiary/aromatic N) is 4. The van der Waals surface area contributed by atoms with Gasteiger partial charge in [0.2, 0.25) is 5.91 Å². The number of amides is 1. The Labute approximate surface area is 196 Å². The fourth-order valence-corrected chi connectivity index (χ4v) is 4.88. The molecule has 0 aliphatic carbocycles. The molecule has 172 valence electrons. The maximum Gasteiger partial charge on any atom is 0.227 e. The second kappa shape index (κ2) is 10.2. The number of rotatable bonds is 7. The third-order valence-electron chi connectivity index (χ3n) is 6.53. The molecule has 0 spiro atoms. The first-order valence-electron chi connectivity index (χ1n) is 11.7. The summed E-state index contributed by atoms with van der Waals surface area (Å²) in [6.45, 7) is 6.62. The molecule has 3 heterocycles. The molecule has 6 heteroatoms. The van der Waals surface area contributed by atoms with E-state index in [0.29, 0.717) is 18.9 Å². The second-order valence-corrected chi connectivity index (χ2v) is 9.35. The normalized spacial score (nSPS) is 18.9. The lowest BCUT2D eigenvalue weighted by atomic mass is 9.73. The van der Waals surface area contributed by atoms with Gasteiger partial charge in [0.1, 0.15) is 5.82 Å². The number of piperidine rings is 1. The minimum Gasteiger partial charge on any atom is -0.359 e. The van der Waals surface area contributed by atoms with Gasteiger partial charge in [-0.05, 0) is 43.0 Å². The molecule has 1 aliphatic heterocycles. The molecule has 33 heavy (non-hydrogen) atoms. The van der Waals surface area contributed by atoms with E-state index in [1.165, 1.54) is 5.56 Å². The van der Waals surface area contributed by atoms with E-state index in [1.54, 1.807) is 13.2 Å². The SMILES string of the molecule is CNC(=O)[C@@]1(Cc2ccccc2-c2cccnc2)CCCN(Cc2cnc(C(C)C)nc2)C1. The smallest absolute Gasteiger partial charge is 0.227 e. The molecule has 0 bridgehead atoms. The summed E-state index contributed by atoms with van der Waals surface area (Å²) in [5, 5.41) is 2.96. The lowest BCUT2D eigenvalue weighted by Crippen LogP contribution is -2.52. The summed E-state index contributed by atoms with van der Waals surface area (Å²) < 4.78 is 0. The largest absolute Gasteiger partial charge is 0.359 e. The van der Waals surface area contributed by atoms with Crippen LogP contribution in [0.15, 0.2) is 61.2 Å². The minimum absolute atomic E-state index is 0.111. The molecule has 6 nitrogen and oxygen atoms in total. The molecule has 1 fully saturated rings. The summed E-state index contributed by atoms with van der Waals surface area (Å²) in [7, 11) is 1.74. The highest BCUT2D eigenvalue weighted by molar-refractivity contribution is 5.83. The second-order valence-electron chi connectivity index (χ2n) is 9.35. The zero-order chi connectivity index (χ0) is 23.3. The van der Waals surface area contributed by atoms with Crippen LogP contribution >= 0.6 is 0 Å². The number of carbonyl (C=O) groups excluding carboxylic acids is 1. The Balaban J connectivity index is 1.58. The van der Waals surface area contributed by atoms with Gasteiger partial charge < -0.3 is 5.32 Å². The number of hydrogen-bond acceptors (Lipinski definition) is 5. The third kappa shape index (κ3) is 5.28. The molecule has 1 amide bonds. The predicted octanol–water partition coefficient (Wildman–Crippen LogP) is 4.23. The van der Waals surface area contributed by atoms with Gasteiger partial charge in [0, 0.05) is 62.0 Å². The monoisotopic (exact) mass is 443 g/mol. The molecule has 1 N–H and O–H groups in total. The summed E-state index contributed by atoms with van der Waals surface area (Å²) in [6.07, 6.45) is 10.1. The average Bonchev–Trinajstić information content (AvgIpc) is 2.85. The average molecular weight is 444 g/mol. The number of likely N-dealkylation sites (tertiary alicyclic amines) is 1. The van der Waals surface area contributed by atoms with E-state index in [-0.39, 0.29) is 5.91 Å². The lowest BCUT2D eigenvalue weighted by Gasteiger charge is -2.42. The van der Waals surface area contributed by atoms with E-state index < -0.39 is 5.41 Å². The number of hydrogen-bond donors (Lipinski definition) is 1. The standard InChI is InChI=1S/C27H33N5O/c1-20(2)25-30-15-21(16-31-25)18-32-13-7-11-27(19-32,26(33)28-3)14-22-8-4-5-10-24(22)23-9-6-12-29-17-23/h4-6,8-10,12,15-17,20H,7,11,13-14,18-19H2,1-3H3,(H,28,33)/t27-/m1/s1. The predicted molar refractivity (Wildman–Crippen MR) is 131 cm³/mol. The van der Waals surface area contributed by atoms with Crippen LogP contribution in [-0.4, -0.2) is 45.9 Å². The first-order valence-corrected chi connectivity index (χ1v) is 11.7. The van der Waals surface area contributed by atoms with Crippen LogP contribution in [0.25, 0.3) is 11.1 Å². The number of nitrogens with one attached hydrogen (secondary N) is 1. The van der Waals surface area contributed by atoms with Crippen LogP contribution < -0.4 is 5.32 Å². The molecule has 0 radical (unpaired) electrons. The van der Waals surface area contributed by atoms with E-state index in [0.717, 1.165) is 48.4 Å². The lowest BCUT2D eigenvalue weighted by molar-refractivity contribution is -0.134. The van der Waals surface area contributed by atoms with Crippen LogP contribution in [0.1, 0.15) is 49.6 Å². The fraction of sp³-hybridized carbons (Fsp3) is 0.407. The van der Waals surface area contributed by atoms with Gasteiger partial charge in [0.15, 0.2) is 0 Å². The van der Waals surface area contributed by atoms with Crippen molar-refractivity contribution in [2.45, 2.75) is 45.6 Å². The van der Waals surface area contributed by atoms with Crippen molar-refractivity contribution < 1.29 is 4.79 Å². The van der Waals surface area contributed by atoms with Crippen molar-refractivity contribution in [3.05, 3.63) is 78.1 Å². The number of pyridine rings is 1. The molecule has 1 aliphatic rings. The molecule has 0 unspecified atom stereocenters. The first-order chi connectivity index (χ1) is 16.0. The van der Waals surface area contributed by atoms with Gasteiger partial charge >= 0.3 is 0 Å². The topological polar surface area (TPSA) is 71.0 Å². The van der Waals surface area contributed by atoms with Crippen molar-refractivity contribution in [1.29, 1.82) is 0 Å². The Hall–Kier alpha value is -3.12. The zero-order valence-electron chi connectivity index (χ0n) is 19.8. The van der Waals surface area contributed by atoms with Gasteiger partial charge in [0.05, 0.1) is 5.41 Å². The summed E-state index contributed by atoms with van der Waals surface area (Å²) in [5.41, 5.74) is 4.01. The van der Waals surface area contributed by atoms with Crippen LogP contribution in [-0.2, 0) is 17.8 Å². The zero-order valence-corrected chi connectivity index (χ0v) is 19.8. The Morgan fingerprint density at radius 1 is 1.12 bits per heavy atom. The molecule has 2 aromatic heterocycles. The third-order valence-corrected chi connectivity index (χ3v) is 6.53. The van der Waals surface area contributed by atoms with E-state index in [2.05, 4.69) is 63.3 Å². The maximum atomic E-state index is 13.3. The molecule has 4 rings (SSSR count). The van der Waals surface area contributed by atoms with Crippen LogP contribution in [0.2, 0.25) is 0 Å². The number of benzene rings is 1. The van der Waals surface area contributed by atoms with Gasteiger partial charge in [-0.25, -0.2) is 9.97 Å². The summed E-state index contributed by atoms with van der Waals surface area (Å²) in [4.78, 5) is 29.0. The van der Waals surface area contributed by atoms with E-state index in [1.807, 2.05) is 30.7 Å². The van der Waals surface area contributed by atoms with E-state index in [4.69, 9.17) is 0 Å². The summed E-state index contributed by atoms with van der Waals surface area (Å²) >= 11 is 0. The van der Waals surface area contributed by atoms with Crippen molar-refractivity contribution in [1.82, 2.24) is 25.2 Å². The van der Waals surface area contributed by atoms with Crippen LogP contribution in [0, 0.1) is 5.41 Å². The van der Waals surface area contributed by atoms with Crippen molar-refractivity contribution in [3.8, 4) is 11.1 Å². The van der Waals surface area contributed by atoms with Crippen molar-refractivity contribution in [3.63, 3.8) is 0 Å². The fourth-order valence-electron chi connectivity index (χ4n) is 4.88. The molecule has 0 saturated carbocycles. The van der Waals surface area contributed by atoms with Gasteiger partial charge in [-0.1, -0.05) is 44.2 Å². The first kappa shape index (κ1) is 23.1. The summed E-state index contributed by atoms with van der Waals surface area (Å²) in [6, 6.07) is 12.4. The molecule has 1 atom stereocenters. The Morgan fingerprint density at radius 2 is 1.91 bits per heavy atom. The molecule has 1 aromatic carbocycles. The van der Waals surface area contributed by atoms with Crippen LogP contribution in [0.3, 0.4) is 0 Å². The van der Waals surface area contributed by atoms with Crippen molar-refractivity contribution >= 4 is 5.91 Å². The highest BCUT2D eigenvalue weighted by Gasteiger charge is 2.42. The van der Waals surface area contributed by atoms with Crippen molar-refractivity contribution in [2.75, 3.05) is 20.1 Å². The number of aromatic nitrogens is 3.